The van der Waals surface area contributed by atoms with E-state index in [1.54, 1.807) is 7.11 Å². The molecule has 2 heterocycles. The zero-order valence-electron chi connectivity index (χ0n) is 19.8. The van der Waals surface area contributed by atoms with E-state index in [4.69, 9.17) is 9.72 Å². The number of hydrogen-bond donors (Lipinski definition) is 1. The molecule has 1 N–H and O–H groups in total. The van der Waals surface area contributed by atoms with E-state index in [-0.39, 0.29) is 5.54 Å². The zero-order valence-corrected chi connectivity index (χ0v) is 19.8. The maximum Gasteiger partial charge on any atom is 0.132 e. The number of fused-ring (bicyclic) bond motifs is 1. The molecule has 1 aliphatic heterocycles. The number of benzene rings is 2. The first-order chi connectivity index (χ1) is 15.4. The van der Waals surface area contributed by atoms with Crippen molar-refractivity contribution in [3.05, 3.63) is 82.3 Å². The first kappa shape index (κ1) is 20.9. The Hall–Kier alpha value is -3.01. The van der Waals surface area contributed by atoms with Gasteiger partial charge in [-0.1, -0.05) is 30.4 Å². The Morgan fingerprint density at radius 1 is 1.09 bits per heavy atom. The summed E-state index contributed by atoms with van der Waals surface area (Å²) in [5.74, 6) is 2.37. The molecule has 0 radical (unpaired) electrons. The van der Waals surface area contributed by atoms with Gasteiger partial charge in [-0.05, 0) is 87.4 Å². The third-order valence-corrected chi connectivity index (χ3v) is 7.61. The molecule has 0 saturated carbocycles. The molecule has 1 aliphatic carbocycles. The summed E-state index contributed by atoms with van der Waals surface area (Å²) in [7, 11) is 1.72. The third kappa shape index (κ3) is 3.33. The molecule has 32 heavy (non-hydrogen) atoms. The third-order valence-electron chi connectivity index (χ3n) is 7.61. The van der Waals surface area contributed by atoms with Crippen LogP contribution in [0.25, 0.3) is 11.0 Å². The van der Waals surface area contributed by atoms with E-state index < -0.39 is 0 Å². The summed E-state index contributed by atoms with van der Waals surface area (Å²) in [6.45, 7) is 9.99. The van der Waals surface area contributed by atoms with Gasteiger partial charge in [0, 0.05) is 18.2 Å². The number of ether oxygens (including phenoxy) is 1. The van der Waals surface area contributed by atoms with Gasteiger partial charge >= 0.3 is 0 Å². The van der Waals surface area contributed by atoms with Crippen molar-refractivity contribution in [2.75, 3.05) is 13.7 Å². The number of methoxy groups -OCH3 is 1. The summed E-state index contributed by atoms with van der Waals surface area (Å²) in [5, 5.41) is 0. The lowest BCUT2D eigenvalue weighted by molar-refractivity contribution is 0.198. The number of nitrogens with one attached hydrogen (secondary N) is 1. The van der Waals surface area contributed by atoms with Crippen LogP contribution in [-0.4, -0.2) is 28.5 Å². The van der Waals surface area contributed by atoms with Crippen LogP contribution < -0.4 is 4.74 Å². The first-order valence-corrected chi connectivity index (χ1v) is 11.7. The Balaban J connectivity index is 1.52. The number of nitrogens with zero attached hydrogens (tertiary/aromatic N) is 2. The number of aromatic nitrogens is 2. The minimum atomic E-state index is -0.137. The van der Waals surface area contributed by atoms with E-state index in [0.717, 1.165) is 42.0 Å². The van der Waals surface area contributed by atoms with Crippen molar-refractivity contribution in [1.29, 1.82) is 0 Å². The Kier molecular flexibility index (Phi) is 5.11. The van der Waals surface area contributed by atoms with E-state index >= 15 is 0 Å². The van der Waals surface area contributed by atoms with E-state index in [0.29, 0.717) is 5.92 Å². The molecular weight excluding hydrogens is 394 g/mol. The smallest absolute Gasteiger partial charge is 0.132 e. The quantitative estimate of drug-likeness (QED) is 0.515. The molecule has 0 spiro atoms. The summed E-state index contributed by atoms with van der Waals surface area (Å²) in [6.07, 6.45) is 8.18. The highest BCUT2D eigenvalue weighted by Gasteiger charge is 2.42. The van der Waals surface area contributed by atoms with Crippen molar-refractivity contribution in [2.45, 2.75) is 58.4 Å². The normalized spacial score (nSPS) is 23.4. The molecule has 4 nitrogen and oxygen atoms in total. The van der Waals surface area contributed by atoms with E-state index in [9.17, 15) is 0 Å². The maximum atomic E-state index is 5.35. The molecule has 1 unspecified atom stereocenters. The highest BCUT2D eigenvalue weighted by molar-refractivity contribution is 5.80. The summed E-state index contributed by atoms with van der Waals surface area (Å²) in [5.41, 5.74) is 8.72. The van der Waals surface area contributed by atoms with E-state index in [2.05, 4.69) is 86.1 Å². The molecule has 1 fully saturated rings. The minimum Gasteiger partial charge on any atom is -0.497 e. The number of H-pyrrole nitrogens is 1. The van der Waals surface area contributed by atoms with Crippen molar-refractivity contribution >= 4 is 11.0 Å². The lowest BCUT2D eigenvalue weighted by Gasteiger charge is -2.39. The SMILES string of the molecule is COc1ccc(C2C=C(N3CCC[C@@]3(C)c3nc4c(C)c(C)ccc4[nH]3)C(C)=CC2)cc1. The van der Waals surface area contributed by atoms with Gasteiger partial charge in [-0.2, -0.15) is 0 Å². The van der Waals surface area contributed by atoms with Gasteiger partial charge in [-0.3, -0.25) is 0 Å². The summed E-state index contributed by atoms with van der Waals surface area (Å²) in [6, 6.07) is 12.9. The average molecular weight is 428 g/mol. The molecule has 2 atom stereocenters. The Bertz CT molecular complexity index is 1220. The van der Waals surface area contributed by atoms with E-state index in [1.165, 1.54) is 34.4 Å². The highest BCUT2D eigenvalue weighted by atomic mass is 16.5. The van der Waals surface area contributed by atoms with Crippen molar-refractivity contribution in [3.8, 4) is 5.75 Å². The largest absolute Gasteiger partial charge is 0.497 e. The second-order valence-electron chi connectivity index (χ2n) is 9.57. The van der Waals surface area contributed by atoms with Gasteiger partial charge in [0.1, 0.15) is 11.6 Å². The predicted octanol–water partition coefficient (Wildman–Crippen LogP) is 6.52. The maximum absolute atomic E-state index is 5.35. The Labute approximate surface area is 191 Å². The summed E-state index contributed by atoms with van der Waals surface area (Å²) < 4.78 is 5.35. The molecule has 0 bridgehead atoms. The summed E-state index contributed by atoms with van der Waals surface area (Å²) >= 11 is 0. The van der Waals surface area contributed by atoms with Crippen molar-refractivity contribution in [2.24, 2.45) is 0 Å². The van der Waals surface area contributed by atoms with E-state index in [1.807, 2.05) is 0 Å². The standard InChI is InChI=1S/C28H33N3O/c1-18-8-14-24-26(20(18)3)30-27(29-24)28(4)15-6-16-31(28)25-17-22(9-7-19(25)2)21-10-12-23(32-5)13-11-21/h7-8,10-14,17,22H,6,9,15-16H2,1-5H3,(H,29,30)/t22?,28-/m0/s1. The second kappa shape index (κ2) is 7.84. The number of likely N-dealkylation sites (tertiary alicyclic amines) is 1. The predicted molar refractivity (Wildman–Crippen MR) is 131 cm³/mol. The number of rotatable bonds is 4. The van der Waals surface area contributed by atoms with Crippen LogP contribution in [0.1, 0.15) is 61.5 Å². The second-order valence-corrected chi connectivity index (χ2v) is 9.57. The van der Waals surface area contributed by atoms with Gasteiger partial charge in [0.25, 0.3) is 0 Å². The van der Waals surface area contributed by atoms with Crippen molar-refractivity contribution in [1.82, 2.24) is 14.9 Å². The number of allylic oxidation sites excluding steroid dienone is 3. The van der Waals surface area contributed by atoms with Gasteiger partial charge in [0.05, 0.1) is 23.7 Å². The van der Waals surface area contributed by atoms with Crippen molar-refractivity contribution in [3.63, 3.8) is 0 Å². The van der Waals surface area contributed by atoms with Gasteiger partial charge in [-0.15, -0.1) is 0 Å². The number of hydrogen-bond acceptors (Lipinski definition) is 3. The van der Waals surface area contributed by atoms with Gasteiger partial charge in [0.2, 0.25) is 0 Å². The molecular formula is C28H33N3O. The number of imidazole rings is 1. The molecule has 4 heteroatoms. The van der Waals surface area contributed by atoms with Crippen LogP contribution in [0.4, 0.5) is 0 Å². The fourth-order valence-electron chi connectivity index (χ4n) is 5.35. The van der Waals surface area contributed by atoms with Gasteiger partial charge < -0.3 is 14.6 Å². The van der Waals surface area contributed by atoms with Gasteiger partial charge in [-0.25, -0.2) is 4.98 Å². The fourth-order valence-corrected chi connectivity index (χ4v) is 5.35. The van der Waals surface area contributed by atoms with Gasteiger partial charge in [0.15, 0.2) is 0 Å². The molecule has 2 aliphatic rings. The molecule has 1 aromatic heterocycles. The molecule has 0 amide bonds. The average Bonchev–Trinajstić information content (AvgIpc) is 3.42. The topological polar surface area (TPSA) is 41.1 Å². The number of aryl methyl sites for hydroxylation is 2. The van der Waals surface area contributed by atoms with Crippen molar-refractivity contribution < 1.29 is 4.74 Å². The van der Waals surface area contributed by atoms with Crippen LogP contribution in [0.2, 0.25) is 0 Å². The molecule has 2 aromatic carbocycles. The molecule has 1 saturated heterocycles. The monoisotopic (exact) mass is 427 g/mol. The lowest BCUT2D eigenvalue weighted by Crippen LogP contribution is -2.39. The minimum absolute atomic E-state index is 0.137. The molecule has 3 aromatic rings. The first-order valence-electron chi connectivity index (χ1n) is 11.7. The van der Waals surface area contributed by atoms with Crippen LogP contribution in [0.3, 0.4) is 0 Å². The van der Waals surface area contributed by atoms with Crippen LogP contribution in [0, 0.1) is 13.8 Å². The number of aromatic amines is 1. The fraction of sp³-hybridized carbons (Fsp3) is 0.393. The van der Waals surface area contributed by atoms with Crippen LogP contribution >= 0.6 is 0 Å². The lowest BCUT2D eigenvalue weighted by atomic mass is 9.87. The van der Waals surface area contributed by atoms with Crippen LogP contribution in [0.5, 0.6) is 5.75 Å². The zero-order chi connectivity index (χ0) is 22.5. The summed E-state index contributed by atoms with van der Waals surface area (Å²) in [4.78, 5) is 11.4. The Morgan fingerprint density at radius 2 is 1.88 bits per heavy atom. The van der Waals surface area contributed by atoms with Crippen LogP contribution in [-0.2, 0) is 5.54 Å². The molecule has 5 rings (SSSR count). The molecule has 166 valence electrons. The van der Waals surface area contributed by atoms with Crippen LogP contribution in [0.15, 0.2) is 59.8 Å². The Morgan fingerprint density at radius 3 is 2.62 bits per heavy atom. The highest BCUT2D eigenvalue weighted by Crippen LogP contribution is 2.44.